The van der Waals surface area contributed by atoms with Gasteiger partial charge in [0.1, 0.15) is 11.0 Å². The Labute approximate surface area is 178 Å². The summed E-state index contributed by atoms with van der Waals surface area (Å²) in [4.78, 5) is 16.9. The quantitative estimate of drug-likeness (QED) is 0.309. The van der Waals surface area contributed by atoms with Crippen molar-refractivity contribution in [1.29, 1.82) is 0 Å². The van der Waals surface area contributed by atoms with Crippen molar-refractivity contribution < 1.29 is 4.79 Å². The smallest absolute Gasteiger partial charge is 0.255 e. The van der Waals surface area contributed by atoms with Crippen molar-refractivity contribution >= 4 is 83.2 Å². The number of rotatable bonds is 2. The fraction of sp³-hybridized carbons (Fsp3) is 0.118. The van der Waals surface area contributed by atoms with Crippen LogP contribution >= 0.6 is 66.3 Å². The molecular formula is C17H9Br2N3OS3. The van der Waals surface area contributed by atoms with E-state index in [4.69, 9.17) is 0 Å². The summed E-state index contributed by atoms with van der Waals surface area (Å²) in [5.41, 5.74) is 5.45. The minimum Gasteiger partial charge on any atom is -0.337 e. The van der Waals surface area contributed by atoms with Crippen molar-refractivity contribution in [2.45, 2.75) is 6.54 Å². The number of fused-ring (bicyclic) bond motifs is 2. The number of carbonyl (C=O) groups is 1. The molecule has 0 N–H and O–H groups in total. The number of carbonyl (C=O) groups excluding carboxylic acids is 1. The molecule has 5 rings (SSSR count). The Bertz CT molecular complexity index is 1190. The third-order valence-electron chi connectivity index (χ3n) is 4.41. The fourth-order valence-electron chi connectivity index (χ4n) is 3.35. The van der Waals surface area contributed by atoms with E-state index in [9.17, 15) is 4.79 Å². The minimum absolute atomic E-state index is 0.0475. The maximum Gasteiger partial charge on any atom is 0.255 e. The van der Waals surface area contributed by atoms with E-state index in [1.807, 2.05) is 25.2 Å². The third kappa shape index (κ3) is 2.45. The van der Waals surface area contributed by atoms with Gasteiger partial charge in [0, 0.05) is 34.5 Å². The molecule has 1 aromatic carbocycles. The Morgan fingerprint density at radius 2 is 1.50 bits per heavy atom. The number of thiophene rings is 2. The molecule has 0 fully saturated rings. The molecule has 1 aliphatic heterocycles. The van der Waals surface area contributed by atoms with Crippen LogP contribution in [-0.4, -0.2) is 26.6 Å². The number of aromatic nitrogens is 2. The molecule has 1 aliphatic rings. The lowest BCUT2D eigenvalue weighted by atomic mass is 9.94. The monoisotopic (exact) mass is 525 g/mol. The Kier molecular flexibility index (Phi) is 4.05. The van der Waals surface area contributed by atoms with E-state index in [-0.39, 0.29) is 5.91 Å². The molecule has 0 bridgehead atoms. The van der Waals surface area contributed by atoms with Crippen LogP contribution in [0.2, 0.25) is 0 Å². The molecule has 0 unspecified atom stereocenters. The lowest BCUT2D eigenvalue weighted by Crippen LogP contribution is -2.17. The third-order valence-corrected chi connectivity index (χ3v) is 8.22. The Morgan fingerprint density at radius 3 is 2.08 bits per heavy atom. The van der Waals surface area contributed by atoms with E-state index >= 15 is 0 Å². The molecule has 3 aromatic heterocycles. The van der Waals surface area contributed by atoms with Gasteiger partial charge in [-0.3, -0.25) is 4.79 Å². The maximum absolute atomic E-state index is 13.0. The summed E-state index contributed by atoms with van der Waals surface area (Å²) in [5.74, 6) is 0.0475. The summed E-state index contributed by atoms with van der Waals surface area (Å²) in [6.45, 7) is 0.589. The zero-order chi connectivity index (χ0) is 18.0. The van der Waals surface area contributed by atoms with Gasteiger partial charge in [-0.1, -0.05) is 0 Å². The largest absolute Gasteiger partial charge is 0.337 e. The maximum atomic E-state index is 13.0. The first kappa shape index (κ1) is 17.0. The van der Waals surface area contributed by atoms with Crippen LogP contribution in [0.25, 0.3) is 31.9 Å². The summed E-state index contributed by atoms with van der Waals surface area (Å²) in [5, 5.41) is 0. The van der Waals surface area contributed by atoms with Crippen molar-refractivity contribution in [2.75, 3.05) is 7.05 Å². The van der Waals surface area contributed by atoms with E-state index in [2.05, 4.69) is 46.7 Å². The molecule has 4 nitrogen and oxygen atoms in total. The van der Waals surface area contributed by atoms with Gasteiger partial charge in [-0.15, -0.1) is 22.7 Å². The predicted molar refractivity (Wildman–Crippen MR) is 115 cm³/mol. The molecule has 4 aromatic rings. The number of hydrogen-bond acceptors (Lipinski definition) is 6. The van der Waals surface area contributed by atoms with Crippen LogP contribution in [0.15, 0.2) is 31.8 Å². The van der Waals surface area contributed by atoms with Gasteiger partial charge in [0.2, 0.25) is 0 Å². The normalized spacial score (nSPS) is 13.8. The van der Waals surface area contributed by atoms with E-state index in [0.29, 0.717) is 6.54 Å². The lowest BCUT2D eigenvalue weighted by molar-refractivity contribution is 0.0817. The lowest BCUT2D eigenvalue weighted by Gasteiger charge is -2.11. The van der Waals surface area contributed by atoms with Crippen LogP contribution in [-0.2, 0) is 6.54 Å². The summed E-state index contributed by atoms with van der Waals surface area (Å²) in [7, 11) is 1.85. The van der Waals surface area contributed by atoms with Gasteiger partial charge >= 0.3 is 0 Å². The second-order valence-electron chi connectivity index (χ2n) is 5.93. The summed E-state index contributed by atoms with van der Waals surface area (Å²) in [6, 6.07) is 8.15. The van der Waals surface area contributed by atoms with E-state index in [0.717, 1.165) is 50.6 Å². The highest BCUT2D eigenvalue weighted by Gasteiger charge is 2.35. The van der Waals surface area contributed by atoms with Crippen LogP contribution in [0, 0.1) is 0 Å². The van der Waals surface area contributed by atoms with Crippen molar-refractivity contribution in [2.24, 2.45) is 0 Å². The van der Waals surface area contributed by atoms with Gasteiger partial charge in [0.05, 0.1) is 24.9 Å². The Morgan fingerprint density at radius 1 is 0.923 bits per heavy atom. The first-order chi connectivity index (χ1) is 12.5. The SMILES string of the molecule is CN1Cc2c(c(-c3ccc(Br)s3)c3nsnc3c2-c2ccc(Br)s2)C1=O. The minimum atomic E-state index is 0.0475. The van der Waals surface area contributed by atoms with Gasteiger partial charge in [-0.2, -0.15) is 8.75 Å². The van der Waals surface area contributed by atoms with Crippen molar-refractivity contribution in [3.05, 3.63) is 43.0 Å². The zero-order valence-corrected chi connectivity index (χ0v) is 18.9. The van der Waals surface area contributed by atoms with Gasteiger partial charge in [0.15, 0.2) is 0 Å². The highest BCUT2D eigenvalue weighted by atomic mass is 79.9. The van der Waals surface area contributed by atoms with Gasteiger partial charge in [-0.05, 0) is 61.7 Å². The topological polar surface area (TPSA) is 46.1 Å². The molecule has 0 saturated heterocycles. The van der Waals surface area contributed by atoms with Gasteiger partial charge in [-0.25, -0.2) is 0 Å². The molecule has 4 heterocycles. The fourth-order valence-corrected chi connectivity index (χ4v) is 6.81. The summed E-state index contributed by atoms with van der Waals surface area (Å²) in [6.07, 6.45) is 0. The predicted octanol–water partition coefficient (Wildman–Crippen LogP) is 6.26. The number of nitrogens with zero attached hydrogens (tertiary/aromatic N) is 3. The average Bonchev–Trinajstić information content (AvgIpc) is 3.37. The van der Waals surface area contributed by atoms with Crippen molar-refractivity contribution in [3.63, 3.8) is 0 Å². The summed E-state index contributed by atoms with van der Waals surface area (Å²) < 4.78 is 11.3. The summed E-state index contributed by atoms with van der Waals surface area (Å²) >= 11 is 11.5. The highest BCUT2D eigenvalue weighted by molar-refractivity contribution is 9.11. The molecule has 130 valence electrons. The van der Waals surface area contributed by atoms with Gasteiger partial charge < -0.3 is 4.90 Å². The Balaban J connectivity index is 1.94. The molecule has 0 saturated carbocycles. The molecule has 26 heavy (non-hydrogen) atoms. The van der Waals surface area contributed by atoms with Crippen molar-refractivity contribution in [1.82, 2.24) is 13.6 Å². The van der Waals surface area contributed by atoms with Gasteiger partial charge in [0.25, 0.3) is 5.91 Å². The molecular weight excluding hydrogens is 518 g/mol. The first-order valence-electron chi connectivity index (χ1n) is 7.62. The standard InChI is InChI=1S/C17H9Br2N3OS3/c1-22-6-7-12(8-2-4-10(18)24-8)15-16(21-26-20-15)14(13(7)17(22)23)9-3-5-11(19)25-9/h2-5H,6H2,1H3. The number of benzene rings is 1. The van der Waals surface area contributed by atoms with E-state index in [1.165, 1.54) is 11.7 Å². The van der Waals surface area contributed by atoms with Crippen LogP contribution in [0.4, 0.5) is 0 Å². The molecule has 0 radical (unpaired) electrons. The van der Waals surface area contributed by atoms with Crippen LogP contribution in [0.1, 0.15) is 15.9 Å². The average molecular weight is 527 g/mol. The molecule has 9 heteroatoms. The van der Waals surface area contributed by atoms with Crippen LogP contribution < -0.4 is 0 Å². The Hall–Kier alpha value is -1.13. The molecule has 0 atom stereocenters. The second-order valence-corrected chi connectivity index (χ2v) is 11.4. The van der Waals surface area contributed by atoms with E-state index in [1.54, 1.807) is 27.6 Å². The van der Waals surface area contributed by atoms with Crippen LogP contribution in [0.5, 0.6) is 0 Å². The number of hydrogen-bond donors (Lipinski definition) is 0. The van der Waals surface area contributed by atoms with Crippen LogP contribution in [0.3, 0.4) is 0 Å². The van der Waals surface area contributed by atoms with E-state index < -0.39 is 0 Å². The first-order valence-corrected chi connectivity index (χ1v) is 11.6. The molecule has 0 spiro atoms. The molecule has 1 amide bonds. The van der Waals surface area contributed by atoms with Crippen molar-refractivity contribution in [3.8, 4) is 20.9 Å². The highest BCUT2D eigenvalue weighted by Crippen LogP contribution is 2.48. The number of amides is 1. The number of halogens is 2. The molecule has 0 aliphatic carbocycles. The second kappa shape index (κ2) is 6.20. The zero-order valence-electron chi connectivity index (χ0n) is 13.2.